The number of nitrogens with one attached hydrogen (secondary N) is 1. The zero-order chi connectivity index (χ0) is 13.0. The molecule has 0 amide bonds. The number of halogens is 1. The Labute approximate surface area is 117 Å². The first-order chi connectivity index (χ1) is 8.74. The third-order valence-corrected chi connectivity index (χ3v) is 3.50. The van der Waals surface area contributed by atoms with Crippen molar-refractivity contribution in [2.24, 2.45) is 0 Å². The first-order valence-electron chi connectivity index (χ1n) is 6.11. The molecule has 1 atom stereocenters. The molecule has 0 aliphatic rings. The molecule has 94 valence electrons. The van der Waals surface area contributed by atoms with Crippen LogP contribution < -0.4 is 5.32 Å². The average molecular weight is 305 g/mol. The van der Waals surface area contributed by atoms with E-state index in [1.165, 1.54) is 11.1 Å². The Hall–Kier alpha value is -1.19. The van der Waals surface area contributed by atoms with Crippen LogP contribution in [-0.4, -0.2) is 12.0 Å². The van der Waals surface area contributed by atoms with Gasteiger partial charge in [0.15, 0.2) is 0 Å². The first kappa shape index (κ1) is 13.2. The van der Waals surface area contributed by atoms with Crippen LogP contribution in [0.2, 0.25) is 0 Å². The van der Waals surface area contributed by atoms with Crippen molar-refractivity contribution in [1.82, 2.24) is 10.3 Å². The molecule has 2 nitrogen and oxygen atoms in total. The maximum atomic E-state index is 4.23. The molecule has 2 aromatic rings. The van der Waals surface area contributed by atoms with E-state index in [0.29, 0.717) is 0 Å². The van der Waals surface area contributed by atoms with Gasteiger partial charge >= 0.3 is 0 Å². The van der Waals surface area contributed by atoms with E-state index >= 15 is 0 Å². The summed E-state index contributed by atoms with van der Waals surface area (Å²) in [7, 11) is 1.97. The van der Waals surface area contributed by atoms with Gasteiger partial charge in [-0.25, -0.2) is 0 Å². The lowest BCUT2D eigenvalue weighted by Gasteiger charge is -2.17. The Morgan fingerprint density at radius 3 is 2.44 bits per heavy atom. The molecule has 3 heteroatoms. The summed E-state index contributed by atoms with van der Waals surface area (Å²) in [6.07, 6.45) is 4.78. The van der Waals surface area contributed by atoms with Gasteiger partial charge in [0.05, 0.1) is 6.04 Å². The Morgan fingerprint density at radius 2 is 1.89 bits per heavy atom. The van der Waals surface area contributed by atoms with E-state index in [0.717, 1.165) is 16.5 Å². The minimum atomic E-state index is 0.181. The summed E-state index contributed by atoms with van der Waals surface area (Å²) in [6, 6.07) is 11.0. The predicted octanol–water partition coefficient (Wildman–Crippen LogP) is 3.72. The Balaban J connectivity index is 2.32. The average Bonchev–Trinajstić information content (AvgIpc) is 2.40. The number of aromatic nitrogens is 1. The quantitative estimate of drug-likeness (QED) is 0.931. The van der Waals surface area contributed by atoms with E-state index in [1.807, 2.05) is 13.2 Å². The third-order valence-electron chi connectivity index (χ3n) is 3.07. The third kappa shape index (κ3) is 2.98. The van der Waals surface area contributed by atoms with Gasteiger partial charge in [0.1, 0.15) is 0 Å². The summed E-state index contributed by atoms with van der Waals surface area (Å²) < 4.78 is 1.01. The van der Waals surface area contributed by atoms with E-state index < -0.39 is 0 Å². The smallest absolute Gasteiger partial charge is 0.0589 e. The van der Waals surface area contributed by atoms with Gasteiger partial charge < -0.3 is 5.32 Å². The zero-order valence-electron chi connectivity index (χ0n) is 10.7. The van der Waals surface area contributed by atoms with Gasteiger partial charge in [-0.3, -0.25) is 4.98 Å². The summed E-state index contributed by atoms with van der Waals surface area (Å²) in [5.41, 5.74) is 3.78. The molecule has 1 aromatic carbocycles. The molecule has 2 rings (SSSR count). The van der Waals surface area contributed by atoms with Gasteiger partial charge in [-0.1, -0.05) is 31.2 Å². The molecular weight excluding hydrogens is 288 g/mol. The number of pyridine rings is 1. The van der Waals surface area contributed by atoms with Crippen molar-refractivity contribution in [3.63, 3.8) is 0 Å². The fourth-order valence-electron chi connectivity index (χ4n) is 2.06. The van der Waals surface area contributed by atoms with Crippen molar-refractivity contribution in [2.75, 3.05) is 7.05 Å². The SMILES string of the molecule is CCc1ccc(C(NC)c2cncc(Br)c2)cc1. The fourth-order valence-corrected chi connectivity index (χ4v) is 2.44. The maximum Gasteiger partial charge on any atom is 0.0589 e. The van der Waals surface area contributed by atoms with Crippen molar-refractivity contribution < 1.29 is 0 Å². The van der Waals surface area contributed by atoms with Crippen LogP contribution in [0.25, 0.3) is 0 Å². The van der Waals surface area contributed by atoms with Crippen LogP contribution in [0.5, 0.6) is 0 Å². The largest absolute Gasteiger partial charge is 0.309 e. The molecule has 0 radical (unpaired) electrons. The highest BCUT2D eigenvalue weighted by atomic mass is 79.9. The minimum Gasteiger partial charge on any atom is -0.309 e. The summed E-state index contributed by atoms with van der Waals surface area (Å²) >= 11 is 3.46. The number of benzene rings is 1. The molecule has 0 saturated carbocycles. The molecule has 0 bridgehead atoms. The Bertz CT molecular complexity index is 508. The highest BCUT2D eigenvalue weighted by Crippen LogP contribution is 2.23. The van der Waals surface area contributed by atoms with Crippen LogP contribution in [0, 0.1) is 0 Å². The van der Waals surface area contributed by atoms with Crippen molar-refractivity contribution >= 4 is 15.9 Å². The zero-order valence-corrected chi connectivity index (χ0v) is 12.2. The molecule has 0 aliphatic carbocycles. The van der Waals surface area contributed by atoms with Crippen LogP contribution in [0.4, 0.5) is 0 Å². The number of aryl methyl sites for hydroxylation is 1. The van der Waals surface area contributed by atoms with E-state index in [2.05, 4.69) is 63.5 Å². The Morgan fingerprint density at radius 1 is 1.17 bits per heavy atom. The van der Waals surface area contributed by atoms with Crippen molar-refractivity contribution in [3.8, 4) is 0 Å². The van der Waals surface area contributed by atoms with Gasteiger partial charge in [0.25, 0.3) is 0 Å². The molecular formula is C15H17BrN2. The van der Waals surface area contributed by atoms with Crippen LogP contribution in [0.15, 0.2) is 47.2 Å². The van der Waals surface area contributed by atoms with Crippen molar-refractivity contribution in [3.05, 3.63) is 63.9 Å². The summed E-state index contributed by atoms with van der Waals surface area (Å²) in [5, 5.41) is 3.34. The Kier molecular flexibility index (Phi) is 4.50. The van der Waals surface area contributed by atoms with Gasteiger partial charge in [-0.05, 0) is 52.2 Å². The second-order valence-corrected chi connectivity index (χ2v) is 5.17. The lowest BCUT2D eigenvalue weighted by Crippen LogP contribution is -2.17. The molecule has 18 heavy (non-hydrogen) atoms. The van der Waals surface area contributed by atoms with Gasteiger partial charge in [-0.2, -0.15) is 0 Å². The van der Waals surface area contributed by atoms with Crippen molar-refractivity contribution in [1.29, 1.82) is 0 Å². The van der Waals surface area contributed by atoms with Gasteiger partial charge in [0.2, 0.25) is 0 Å². The highest BCUT2D eigenvalue weighted by Gasteiger charge is 2.12. The first-order valence-corrected chi connectivity index (χ1v) is 6.90. The normalized spacial score (nSPS) is 12.4. The summed E-state index contributed by atoms with van der Waals surface area (Å²) in [4.78, 5) is 4.23. The van der Waals surface area contributed by atoms with E-state index in [-0.39, 0.29) is 6.04 Å². The lowest BCUT2D eigenvalue weighted by molar-refractivity contribution is 0.688. The molecule has 1 N–H and O–H groups in total. The van der Waals surface area contributed by atoms with Crippen molar-refractivity contribution in [2.45, 2.75) is 19.4 Å². The molecule has 1 heterocycles. The molecule has 0 aliphatic heterocycles. The van der Waals surface area contributed by atoms with Gasteiger partial charge in [-0.15, -0.1) is 0 Å². The number of hydrogen-bond donors (Lipinski definition) is 1. The van der Waals surface area contributed by atoms with Crippen LogP contribution in [0.3, 0.4) is 0 Å². The minimum absolute atomic E-state index is 0.181. The monoisotopic (exact) mass is 304 g/mol. The molecule has 1 unspecified atom stereocenters. The lowest BCUT2D eigenvalue weighted by atomic mass is 9.99. The second kappa shape index (κ2) is 6.12. The van der Waals surface area contributed by atoms with Gasteiger partial charge in [0, 0.05) is 16.9 Å². The van der Waals surface area contributed by atoms with E-state index in [1.54, 1.807) is 6.20 Å². The highest BCUT2D eigenvalue weighted by molar-refractivity contribution is 9.10. The van der Waals surface area contributed by atoms with Crippen LogP contribution in [0.1, 0.15) is 29.7 Å². The number of hydrogen-bond acceptors (Lipinski definition) is 2. The fraction of sp³-hybridized carbons (Fsp3) is 0.267. The van der Waals surface area contributed by atoms with E-state index in [9.17, 15) is 0 Å². The summed E-state index contributed by atoms with van der Waals surface area (Å²) in [6.45, 7) is 2.17. The van der Waals surface area contributed by atoms with Crippen LogP contribution >= 0.6 is 15.9 Å². The van der Waals surface area contributed by atoms with Crippen LogP contribution in [-0.2, 0) is 6.42 Å². The molecule has 0 spiro atoms. The standard InChI is InChI=1S/C15H17BrN2/c1-3-11-4-6-12(7-5-11)15(17-2)13-8-14(16)10-18-9-13/h4-10,15,17H,3H2,1-2H3. The molecule has 0 fully saturated rings. The predicted molar refractivity (Wildman–Crippen MR) is 78.7 cm³/mol. The van der Waals surface area contributed by atoms with E-state index in [4.69, 9.17) is 0 Å². The molecule has 0 saturated heterocycles. The second-order valence-electron chi connectivity index (χ2n) is 4.25. The topological polar surface area (TPSA) is 24.9 Å². The summed E-state index contributed by atoms with van der Waals surface area (Å²) in [5.74, 6) is 0. The number of rotatable bonds is 4. The number of nitrogens with zero attached hydrogens (tertiary/aromatic N) is 1. The maximum absolute atomic E-state index is 4.23. The molecule has 1 aromatic heterocycles.